The molecule has 0 unspecified atom stereocenters. The molecule has 3 aromatic carbocycles. The molecule has 0 radical (unpaired) electrons. The first-order chi connectivity index (χ1) is 17.9. The van der Waals surface area contributed by atoms with Crippen molar-refractivity contribution in [2.75, 3.05) is 5.32 Å². The molecule has 4 N–H and O–H groups in total. The number of hydrogen-bond acceptors (Lipinski definition) is 4. The summed E-state index contributed by atoms with van der Waals surface area (Å²) in [5.41, 5.74) is 3.42. The number of benzene rings is 3. The lowest BCUT2D eigenvalue weighted by atomic mass is 10.1. The Morgan fingerprint density at radius 2 is 1.53 bits per heavy atom. The summed E-state index contributed by atoms with van der Waals surface area (Å²) in [5.74, 6) is -2.79. The van der Waals surface area contributed by atoms with E-state index in [1.54, 1.807) is 30.3 Å². The van der Waals surface area contributed by atoms with Crippen molar-refractivity contribution in [3.8, 4) is 0 Å². The van der Waals surface area contributed by atoms with Crippen LogP contribution >= 0.6 is 38.5 Å². The number of carboxylic acids is 3. The van der Waals surface area contributed by atoms with E-state index in [0.29, 0.717) is 22.0 Å². The van der Waals surface area contributed by atoms with Crippen molar-refractivity contribution in [3.05, 3.63) is 97.0 Å². The number of rotatable bonds is 8. The lowest BCUT2D eigenvalue weighted by molar-refractivity contribution is -0.137. The first-order valence-corrected chi connectivity index (χ1v) is 13.4. The molecule has 10 heteroatoms. The fourth-order valence-corrected chi connectivity index (χ4v) is 3.66. The molecule has 0 saturated heterocycles. The Labute approximate surface area is 243 Å². The van der Waals surface area contributed by atoms with E-state index < -0.39 is 17.9 Å². The number of amides is 1. The van der Waals surface area contributed by atoms with Gasteiger partial charge >= 0.3 is 17.9 Å². The Morgan fingerprint density at radius 1 is 0.868 bits per heavy atom. The van der Waals surface area contributed by atoms with Gasteiger partial charge in [0.05, 0.1) is 11.1 Å². The highest BCUT2D eigenvalue weighted by molar-refractivity contribution is 14.1. The summed E-state index contributed by atoms with van der Waals surface area (Å²) in [4.78, 5) is 42.6. The Kier molecular flexibility index (Phi) is 14.9. The fourth-order valence-electron chi connectivity index (χ4n) is 2.88. The van der Waals surface area contributed by atoms with E-state index in [2.05, 4.69) is 43.8 Å². The number of anilines is 1. The summed E-state index contributed by atoms with van der Waals surface area (Å²) in [7, 11) is 0. The van der Waals surface area contributed by atoms with Crippen LogP contribution in [0, 0.1) is 10.5 Å². The van der Waals surface area contributed by atoms with Gasteiger partial charge in [-0.15, -0.1) is 0 Å². The van der Waals surface area contributed by atoms with Crippen molar-refractivity contribution in [3.63, 3.8) is 0 Å². The number of aryl methyl sites for hydroxylation is 2. The highest BCUT2D eigenvalue weighted by atomic mass is 127. The molecule has 0 aromatic heterocycles. The smallest absolute Gasteiger partial charge is 0.336 e. The predicted molar refractivity (Wildman–Crippen MR) is 158 cm³/mol. The number of carbonyl (C=O) groups is 4. The van der Waals surface area contributed by atoms with Gasteiger partial charge in [0.15, 0.2) is 0 Å². The topological polar surface area (TPSA) is 141 Å². The van der Waals surface area contributed by atoms with Crippen LogP contribution < -0.4 is 5.32 Å². The average molecular weight is 698 g/mol. The third-order valence-corrected chi connectivity index (χ3v) is 6.27. The lowest BCUT2D eigenvalue weighted by Crippen LogP contribution is -2.11. The van der Waals surface area contributed by atoms with Crippen LogP contribution in [-0.2, 0) is 16.0 Å². The normalized spacial score (nSPS) is 9.68. The minimum atomic E-state index is -0.902. The number of aliphatic carboxylic acids is 1. The maximum absolute atomic E-state index is 11.4. The summed E-state index contributed by atoms with van der Waals surface area (Å²) >= 11 is 5.33. The Hall–Kier alpha value is -3.25. The fraction of sp³-hybridized carbons (Fsp3) is 0.214. The molecule has 0 heterocycles. The second-order valence-corrected chi connectivity index (χ2v) is 10.0. The quantitative estimate of drug-likeness (QED) is 0.188. The van der Waals surface area contributed by atoms with Crippen molar-refractivity contribution in [2.45, 2.75) is 39.5 Å². The monoisotopic (exact) mass is 697 g/mol. The number of hydrogen-bond donors (Lipinski definition) is 4. The van der Waals surface area contributed by atoms with Crippen LogP contribution in [0.25, 0.3) is 0 Å². The van der Waals surface area contributed by atoms with Crippen molar-refractivity contribution >= 4 is 68.0 Å². The number of aromatic carboxylic acids is 2. The minimum absolute atomic E-state index is 0.0279. The first kappa shape index (κ1) is 32.8. The zero-order valence-corrected chi connectivity index (χ0v) is 24.7. The van der Waals surface area contributed by atoms with Gasteiger partial charge in [-0.2, -0.15) is 0 Å². The van der Waals surface area contributed by atoms with Crippen LogP contribution in [0.2, 0.25) is 0 Å². The molecule has 0 aliphatic rings. The molecule has 38 heavy (non-hydrogen) atoms. The highest BCUT2D eigenvalue weighted by Gasteiger charge is 2.07. The van der Waals surface area contributed by atoms with E-state index in [4.69, 9.17) is 15.3 Å². The molecular formula is C28H29BrINO7. The SMILES string of the molecule is CCc1cccc(C(=O)O)c1.Cc1ccc(Br)c(C(=O)O)c1.O=C(O)CCCC(=O)Nc1ccc(I)cc1. The summed E-state index contributed by atoms with van der Waals surface area (Å²) < 4.78 is 1.72. The van der Waals surface area contributed by atoms with Crippen LogP contribution in [0.1, 0.15) is 58.0 Å². The van der Waals surface area contributed by atoms with Crippen LogP contribution in [-0.4, -0.2) is 39.1 Å². The van der Waals surface area contributed by atoms with Gasteiger partial charge in [0, 0.05) is 26.6 Å². The largest absolute Gasteiger partial charge is 0.481 e. The van der Waals surface area contributed by atoms with E-state index in [0.717, 1.165) is 26.8 Å². The van der Waals surface area contributed by atoms with E-state index in [1.807, 2.05) is 50.2 Å². The summed E-state index contributed by atoms with van der Waals surface area (Å²) in [6.07, 6.45) is 1.51. The van der Waals surface area contributed by atoms with Crippen LogP contribution in [0.15, 0.2) is 71.2 Å². The van der Waals surface area contributed by atoms with Gasteiger partial charge in [0.25, 0.3) is 0 Å². The van der Waals surface area contributed by atoms with E-state index in [9.17, 15) is 19.2 Å². The van der Waals surface area contributed by atoms with E-state index in [-0.39, 0.29) is 18.7 Å². The van der Waals surface area contributed by atoms with Crippen LogP contribution in [0.5, 0.6) is 0 Å². The zero-order valence-electron chi connectivity index (χ0n) is 20.9. The second kappa shape index (κ2) is 17.3. The maximum atomic E-state index is 11.4. The Bertz CT molecular complexity index is 1250. The molecule has 3 rings (SSSR count). The standard InChI is InChI=1S/C11H12INO3.C9H10O2.C8H7BrO2/c12-8-4-6-9(7-5-8)13-10(14)2-1-3-11(15)16;1-2-7-4-3-5-8(6-7)9(10)11;1-5-2-3-7(9)6(4-5)8(10)11/h4-7H,1-3H2,(H,13,14)(H,15,16);3-6H,2H2,1H3,(H,10,11);2-4H,1H3,(H,10,11). The molecule has 3 aromatic rings. The predicted octanol–water partition coefficient (Wildman–Crippen LogP) is 6.89. The first-order valence-electron chi connectivity index (χ1n) is 11.5. The second-order valence-electron chi connectivity index (χ2n) is 7.95. The number of carbonyl (C=O) groups excluding carboxylic acids is 1. The molecule has 0 saturated carbocycles. The highest BCUT2D eigenvalue weighted by Crippen LogP contribution is 2.17. The van der Waals surface area contributed by atoms with Gasteiger partial charge in [0.1, 0.15) is 0 Å². The molecule has 8 nitrogen and oxygen atoms in total. The number of halogens is 2. The molecule has 0 aliphatic heterocycles. The van der Waals surface area contributed by atoms with Crippen molar-refractivity contribution in [2.24, 2.45) is 0 Å². The molecule has 0 fully saturated rings. The van der Waals surface area contributed by atoms with Crippen molar-refractivity contribution < 1.29 is 34.5 Å². The zero-order chi connectivity index (χ0) is 28.7. The van der Waals surface area contributed by atoms with Gasteiger partial charge in [0.2, 0.25) is 5.91 Å². The van der Waals surface area contributed by atoms with Gasteiger partial charge in [-0.3, -0.25) is 9.59 Å². The number of nitrogens with one attached hydrogen (secondary N) is 1. The van der Waals surface area contributed by atoms with Crippen LogP contribution in [0.4, 0.5) is 5.69 Å². The number of carboxylic acid groups (broad SMARTS) is 3. The summed E-state index contributed by atoms with van der Waals surface area (Å²) in [6.45, 7) is 3.86. The van der Waals surface area contributed by atoms with E-state index in [1.165, 1.54) is 0 Å². The van der Waals surface area contributed by atoms with Crippen molar-refractivity contribution in [1.82, 2.24) is 0 Å². The van der Waals surface area contributed by atoms with Gasteiger partial charge in [-0.05, 0) is 112 Å². The molecule has 0 aliphatic carbocycles. The third-order valence-electron chi connectivity index (χ3n) is 4.86. The molecule has 202 valence electrons. The van der Waals surface area contributed by atoms with Crippen LogP contribution in [0.3, 0.4) is 0 Å². The Morgan fingerprint density at radius 3 is 2.05 bits per heavy atom. The van der Waals surface area contributed by atoms with E-state index >= 15 is 0 Å². The van der Waals surface area contributed by atoms with Crippen molar-refractivity contribution in [1.29, 1.82) is 0 Å². The minimum Gasteiger partial charge on any atom is -0.481 e. The van der Waals surface area contributed by atoms with Gasteiger partial charge in [-0.1, -0.05) is 30.7 Å². The van der Waals surface area contributed by atoms with Gasteiger partial charge < -0.3 is 20.6 Å². The molecule has 0 spiro atoms. The average Bonchev–Trinajstić information content (AvgIpc) is 2.87. The summed E-state index contributed by atoms with van der Waals surface area (Å²) in [5, 5.41) is 28.4. The molecule has 0 bridgehead atoms. The molecule has 1 amide bonds. The summed E-state index contributed by atoms with van der Waals surface area (Å²) in [6, 6.07) is 19.6. The third kappa shape index (κ3) is 13.3. The Balaban J connectivity index is 0.000000293. The van der Waals surface area contributed by atoms with Gasteiger partial charge in [-0.25, -0.2) is 9.59 Å². The lowest BCUT2D eigenvalue weighted by Gasteiger charge is -2.04. The molecular weight excluding hydrogens is 669 g/mol. The molecule has 0 atom stereocenters. The maximum Gasteiger partial charge on any atom is 0.336 e.